The van der Waals surface area contributed by atoms with E-state index in [9.17, 15) is 12.8 Å². The molecule has 1 heterocycles. The molecule has 1 aromatic rings. The summed E-state index contributed by atoms with van der Waals surface area (Å²) in [5.41, 5.74) is 0.536. The molecule has 0 unspecified atom stereocenters. The molecule has 0 aliphatic carbocycles. The van der Waals surface area contributed by atoms with Crippen molar-refractivity contribution in [1.29, 1.82) is 0 Å². The van der Waals surface area contributed by atoms with Crippen molar-refractivity contribution >= 4 is 31.6 Å². The smallest absolute Gasteiger partial charge is 0.224 e. The minimum absolute atomic E-state index is 0.0697. The van der Waals surface area contributed by atoms with Crippen LogP contribution in [0.3, 0.4) is 0 Å². The zero-order valence-corrected chi connectivity index (χ0v) is 12.1. The number of hydrogen-bond acceptors (Lipinski definition) is 3. The summed E-state index contributed by atoms with van der Waals surface area (Å²) in [4.78, 5) is 1.87. The van der Waals surface area contributed by atoms with E-state index in [-0.39, 0.29) is 10.5 Å². The molecule has 0 amide bonds. The molecular weight excluding hydrogens is 323 g/mol. The number of hydrogen-bond donors (Lipinski definition) is 0. The number of rotatable bonds is 3. The number of benzene rings is 1. The third kappa shape index (κ3) is 2.84. The van der Waals surface area contributed by atoms with Crippen molar-refractivity contribution in [3.8, 4) is 0 Å². The van der Waals surface area contributed by atoms with Crippen molar-refractivity contribution in [3.63, 3.8) is 0 Å². The summed E-state index contributed by atoms with van der Waals surface area (Å²) in [5, 5.41) is 0. The van der Waals surface area contributed by atoms with Gasteiger partial charge in [0.15, 0.2) is 0 Å². The fourth-order valence-corrected chi connectivity index (χ4v) is 3.71. The van der Waals surface area contributed by atoms with Gasteiger partial charge in [0.2, 0.25) is 10.0 Å². The summed E-state index contributed by atoms with van der Waals surface area (Å²) in [5.74, 6) is -0.269. The molecule has 0 saturated carbocycles. The van der Waals surface area contributed by atoms with Crippen LogP contribution in [0, 0.1) is 5.82 Å². The van der Waals surface area contributed by atoms with Crippen molar-refractivity contribution in [2.45, 2.75) is 0 Å². The van der Waals surface area contributed by atoms with Crippen LogP contribution in [0.15, 0.2) is 24.3 Å². The fourth-order valence-electron chi connectivity index (χ4n) is 1.98. The van der Waals surface area contributed by atoms with Crippen molar-refractivity contribution in [1.82, 2.24) is 4.31 Å². The first-order chi connectivity index (χ1) is 8.54. The van der Waals surface area contributed by atoms with E-state index in [1.165, 1.54) is 10.4 Å². The Balaban J connectivity index is 2.06. The van der Waals surface area contributed by atoms with E-state index >= 15 is 0 Å². The molecule has 0 spiro atoms. The molecule has 0 aromatic heterocycles. The first-order valence-corrected chi connectivity index (χ1v) is 8.31. The van der Waals surface area contributed by atoms with E-state index in [0.717, 1.165) is 0 Å². The summed E-state index contributed by atoms with van der Waals surface area (Å²) in [7, 11) is -3.21. The maximum atomic E-state index is 13.6. The fraction of sp³-hybridized carbons (Fsp3) is 0.455. The van der Waals surface area contributed by atoms with Gasteiger partial charge in [-0.1, -0.05) is 28.1 Å². The molecule has 100 valence electrons. The molecule has 1 fully saturated rings. The number of sulfonamides is 1. The van der Waals surface area contributed by atoms with Crippen LogP contribution in [0.2, 0.25) is 0 Å². The van der Waals surface area contributed by atoms with Crippen molar-refractivity contribution < 1.29 is 12.8 Å². The first kappa shape index (κ1) is 13.8. The minimum Gasteiger partial charge on any atom is -0.367 e. The molecular formula is C11H14BrFN2O2S. The van der Waals surface area contributed by atoms with E-state index in [1.807, 2.05) is 4.90 Å². The molecule has 1 saturated heterocycles. The van der Waals surface area contributed by atoms with E-state index in [2.05, 4.69) is 15.9 Å². The average Bonchev–Trinajstić information content (AvgIpc) is 2.39. The Kier molecular flexibility index (Phi) is 4.24. The highest BCUT2D eigenvalue weighted by Gasteiger charge is 2.26. The number of nitrogens with zero attached hydrogens (tertiary/aromatic N) is 2. The van der Waals surface area contributed by atoms with Crippen LogP contribution >= 0.6 is 15.9 Å². The van der Waals surface area contributed by atoms with Crippen molar-refractivity contribution in [2.24, 2.45) is 0 Å². The highest BCUT2D eigenvalue weighted by molar-refractivity contribution is 9.10. The van der Waals surface area contributed by atoms with Gasteiger partial charge in [-0.15, -0.1) is 0 Å². The average molecular weight is 337 g/mol. The first-order valence-electron chi connectivity index (χ1n) is 5.58. The normalized spacial score (nSPS) is 18.0. The monoisotopic (exact) mass is 336 g/mol. The van der Waals surface area contributed by atoms with Gasteiger partial charge in [-0.3, -0.25) is 0 Å². The Morgan fingerprint density at radius 3 is 2.33 bits per heavy atom. The van der Waals surface area contributed by atoms with E-state index in [0.29, 0.717) is 31.9 Å². The quantitative estimate of drug-likeness (QED) is 0.788. The summed E-state index contributed by atoms with van der Waals surface area (Å²) in [6, 6.07) is 6.55. The number of alkyl halides is 1. The summed E-state index contributed by atoms with van der Waals surface area (Å²) in [6.45, 7) is 1.80. The lowest BCUT2D eigenvalue weighted by Crippen LogP contribution is -2.49. The van der Waals surface area contributed by atoms with Crippen LogP contribution in [0.4, 0.5) is 10.1 Å². The van der Waals surface area contributed by atoms with E-state index in [1.54, 1.807) is 18.2 Å². The van der Waals surface area contributed by atoms with Gasteiger partial charge in [-0.2, -0.15) is 4.31 Å². The second-order valence-corrected chi connectivity index (χ2v) is 7.33. The number of piperazine rings is 1. The van der Waals surface area contributed by atoms with Crippen LogP contribution in [0.25, 0.3) is 0 Å². The third-order valence-electron chi connectivity index (χ3n) is 2.96. The van der Waals surface area contributed by atoms with E-state index in [4.69, 9.17) is 0 Å². The standard InChI is InChI=1S/C11H14BrFN2O2S/c12-9-18(16,17)15-7-5-14(6-8-15)11-4-2-1-3-10(11)13/h1-4H,5-9H2. The van der Waals surface area contributed by atoms with Crippen LogP contribution in [-0.4, -0.2) is 43.6 Å². The van der Waals surface area contributed by atoms with Gasteiger partial charge in [0.05, 0.1) is 5.69 Å². The molecule has 1 aliphatic heterocycles. The lowest BCUT2D eigenvalue weighted by Gasteiger charge is -2.35. The summed E-state index contributed by atoms with van der Waals surface area (Å²) >= 11 is 2.97. The largest absolute Gasteiger partial charge is 0.367 e. The Hall–Kier alpha value is -0.660. The van der Waals surface area contributed by atoms with Gasteiger partial charge in [-0.05, 0) is 12.1 Å². The highest BCUT2D eigenvalue weighted by atomic mass is 79.9. The van der Waals surface area contributed by atoms with Crippen LogP contribution < -0.4 is 4.90 Å². The Labute approximate surface area is 115 Å². The maximum absolute atomic E-state index is 13.6. The summed E-state index contributed by atoms with van der Waals surface area (Å²) < 4.78 is 38.3. The number of anilines is 1. The minimum atomic E-state index is -3.21. The topological polar surface area (TPSA) is 40.6 Å². The molecule has 1 aliphatic rings. The van der Waals surface area contributed by atoms with E-state index < -0.39 is 10.0 Å². The second kappa shape index (κ2) is 5.54. The molecule has 4 nitrogen and oxygen atoms in total. The Morgan fingerprint density at radius 2 is 1.78 bits per heavy atom. The Morgan fingerprint density at radius 1 is 1.17 bits per heavy atom. The predicted octanol–water partition coefficient (Wildman–Crippen LogP) is 1.63. The van der Waals surface area contributed by atoms with Crippen molar-refractivity contribution in [3.05, 3.63) is 30.1 Å². The zero-order valence-electron chi connectivity index (χ0n) is 9.72. The molecule has 0 bridgehead atoms. The van der Waals surface area contributed by atoms with Crippen molar-refractivity contribution in [2.75, 3.05) is 35.7 Å². The molecule has 0 atom stereocenters. The lowest BCUT2D eigenvalue weighted by atomic mass is 10.2. The SMILES string of the molecule is O=S(=O)(CBr)N1CCN(c2ccccc2F)CC1. The third-order valence-corrected chi connectivity index (χ3v) is 6.13. The zero-order chi connectivity index (χ0) is 13.2. The van der Waals surface area contributed by atoms with Crippen LogP contribution in [0.1, 0.15) is 0 Å². The van der Waals surface area contributed by atoms with Gasteiger partial charge in [0.25, 0.3) is 0 Å². The highest BCUT2D eigenvalue weighted by Crippen LogP contribution is 2.21. The number of para-hydroxylation sites is 1. The molecule has 7 heteroatoms. The maximum Gasteiger partial charge on any atom is 0.224 e. The molecule has 18 heavy (non-hydrogen) atoms. The van der Waals surface area contributed by atoms with Gasteiger partial charge >= 0.3 is 0 Å². The summed E-state index contributed by atoms with van der Waals surface area (Å²) in [6.07, 6.45) is 0. The second-order valence-electron chi connectivity index (χ2n) is 4.06. The molecule has 2 rings (SSSR count). The molecule has 1 aromatic carbocycles. The van der Waals surface area contributed by atoms with Gasteiger partial charge in [-0.25, -0.2) is 12.8 Å². The molecule has 0 N–H and O–H groups in total. The Bertz CT molecular complexity index is 516. The number of halogens is 2. The predicted molar refractivity (Wildman–Crippen MR) is 72.9 cm³/mol. The van der Waals surface area contributed by atoms with Gasteiger partial charge in [0, 0.05) is 26.2 Å². The van der Waals surface area contributed by atoms with Crippen LogP contribution in [-0.2, 0) is 10.0 Å². The van der Waals surface area contributed by atoms with Gasteiger partial charge < -0.3 is 4.90 Å². The van der Waals surface area contributed by atoms with Gasteiger partial charge in [0.1, 0.15) is 10.5 Å². The van der Waals surface area contributed by atoms with Crippen LogP contribution in [0.5, 0.6) is 0 Å². The lowest BCUT2D eigenvalue weighted by molar-refractivity contribution is 0.386. The molecule has 0 radical (unpaired) electrons.